The molecule has 1 fully saturated rings. The summed E-state index contributed by atoms with van der Waals surface area (Å²) in [7, 11) is 0. The van der Waals surface area contributed by atoms with Crippen molar-refractivity contribution in [3.63, 3.8) is 0 Å². The zero-order chi connectivity index (χ0) is 15.7. The molecule has 4 nitrogen and oxygen atoms in total. The van der Waals surface area contributed by atoms with E-state index >= 15 is 0 Å². The number of carbonyl (C=O) groups excluding carboxylic acids is 1. The molecule has 0 aliphatic heterocycles. The van der Waals surface area contributed by atoms with Crippen molar-refractivity contribution in [1.29, 1.82) is 0 Å². The van der Waals surface area contributed by atoms with Gasteiger partial charge in [0.05, 0.1) is 18.2 Å². The van der Waals surface area contributed by atoms with E-state index in [0.717, 1.165) is 24.2 Å². The van der Waals surface area contributed by atoms with Crippen LogP contribution in [0.4, 0.5) is 0 Å². The number of aryl methyl sites for hydroxylation is 1. The van der Waals surface area contributed by atoms with Gasteiger partial charge in [-0.3, -0.25) is 4.79 Å². The number of oxazole rings is 1. The van der Waals surface area contributed by atoms with Crippen molar-refractivity contribution in [3.8, 4) is 0 Å². The van der Waals surface area contributed by atoms with Gasteiger partial charge in [-0.2, -0.15) is 0 Å². The Morgan fingerprint density at radius 2 is 2.27 bits per heavy atom. The van der Waals surface area contributed by atoms with Gasteiger partial charge in [-0.1, -0.05) is 30.7 Å². The first-order valence-electron chi connectivity index (χ1n) is 7.45. The maximum absolute atomic E-state index is 12.8. The Labute approximate surface area is 134 Å². The highest BCUT2D eigenvalue weighted by Crippen LogP contribution is 2.48. The molecule has 1 amide bonds. The van der Waals surface area contributed by atoms with Crippen LogP contribution in [0.1, 0.15) is 37.0 Å². The van der Waals surface area contributed by atoms with Crippen LogP contribution in [0.15, 0.2) is 34.9 Å². The van der Waals surface area contributed by atoms with E-state index in [-0.39, 0.29) is 5.91 Å². The highest BCUT2D eigenvalue weighted by molar-refractivity contribution is 6.30. The Hall–Kier alpha value is -1.81. The van der Waals surface area contributed by atoms with Crippen molar-refractivity contribution in [1.82, 2.24) is 10.3 Å². The van der Waals surface area contributed by atoms with E-state index in [1.165, 1.54) is 0 Å². The van der Waals surface area contributed by atoms with Crippen LogP contribution < -0.4 is 5.32 Å². The SMILES string of the molecule is Cc1cnc(CNC(=O)C2(c3cccc(Cl)c3)CC(C)C2)o1. The van der Waals surface area contributed by atoms with Gasteiger partial charge in [0.1, 0.15) is 5.76 Å². The minimum atomic E-state index is -0.480. The molecule has 1 heterocycles. The molecule has 0 radical (unpaired) electrons. The summed E-state index contributed by atoms with van der Waals surface area (Å²) in [4.78, 5) is 16.9. The Bertz CT molecular complexity index is 689. The third-order valence-corrected chi connectivity index (χ3v) is 4.51. The average Bonchev–Trinajstić information content (AvgIpc) is 2.87. The van der Waals surface area contributed by atoms with Crippen molar-refractivity contribution in [2.24, 2.45) is 5.92 Å². The Morgan fingerprint density at radius 1 is 1.50 bits per heavy atom. The second kappa shape index (κ2) is 5.76. The van der Waals surface area contributed by atoms with E-state index in [1.54, 1.807) is 6.20 Å². The summed E-state index contributed by atoms with van der Waals surface area (Å²) in [6.45, 7) is 4.30. The topological polar surface area (TPSA) is 55.1 Å². The van der Waals surface area contributed by atoms with Gasteiger partial charge in [0.15, 0.2) is 0 Å². The molecule has 2 aromatic rings. The van der Waals surface area contributed by atoms with Crippen LogP contribution >= 0.6 is 11.6 Å². The third kappa shape index (κ3) is 2.75. The second-order valence-corrected chi connectivity index (χ2v) is 6.59. The van der Waals surface area contributed by atoms with Gasteiger partial charge in [0.25, 0.3) is 0 Å². The molecule has 1 aliphatic carbocycles. The highest BCUT2D eigenvalue weighted by atomic mass is 35.5. The predicted molar refractivity (Wildman–Crippen MR) is 84.6 cm³/mol. The summed E-state index contributed by atoms with van der Waals surface area (Å²) in [6.07, 6.45) is 3.33. The first-order valence-corrected chi connectivity index (χ1v) is 7.83. The standard InChI is InChI=1S/C17H19ClN2O2/c1-11-7-17(8-11,13-4-3-5-14(18)6-13)16(21)20-10-15-19-9-12(2)22-15/h3-6,9,11H,7-8,10H2,1-2H3,(H,20,21). The Balaban J connectivity index is 1.77. The van der Waals surface area contributed by atoms with Crippen LogP contribution in [0.5, 0.6) is 0 Å². The third-order valence-electron chi connectivity index (χ3n) is 4.28. The minimum Gasteiger partial charge on any atom is -0.444 e. The quantitative estimate of drug-likeness (QED) is 0.936. The van der Waals surface area contributed by atoms with Crippen LogP contribution in [0.3, 0.4) is 0 Å². The van der Waals surface area contributed by atoms with Gasteiger partial charge in [-0.25, -0.2) is 4.98 Å². The summed E-state index contributed by atoms with van der Waals surface area (Å²) in [5.74, 6) is 1.82. The summed E-state index contributed by atoms with van der Waals surface area (Å²) in [5, 5.41) is 3.62. The van der Waals surface area contributed by atoms with Gasteiger partial charge in [-0.15, -0.1) is 0 Å². The lowest BCUT2D eigenvalue weighted by Gasteiger charge is -2.45. The van der Waals surface area contributed by atoms with Gasteiger partial charge in [0, 0.05) is 5.02 Å². The molecule has 116 valence electrons. The van der Waals surface area contributed by atoms with Crippen LogP contribution in [0, 0.1) is 12.8 Å². The molecule has 0 spiro atoms. The van der Waals surface area contributed by atoms with Gasteiger partial charge in [0.2, 0.25) is 11.8 Å². The molecule has 1 N–H and O–H groups in total. The smallest absolute Gasteiger partial charge is 0.231 e. The highest BCUT2D eigenvalue weighted by Gasteiger charge is 2.49. The Morgan fingerprint density at radius 3 is 2.86 bits per heavy atom. The molecule has 0 bridgehead atoms. The molecule has 1 saturated carbocycles. The molecular formula is C17H19ClN2O2. The molecule has 0 saturated heterocycles. The predicted octanol–water partition coefficient (Wildman–Crippen LogP) is 3.62. The van der Waals surface area contributed by atoms with E-state index in [1.807, 2.05) is 31.2 Å². The summed E-state index contributed by atoms with van der Waals surface area (Å²) < 4.78 is 5.40. The number of nitrogens with one attached hydrogen (secondary N) is 1. The van der Waals surface area contributed by atoms with Crippen LogP contribution in [-0.4, -0.2) is 10.9 Å². The molecule has 1 aromatic carbocycles. The number of hydrogen-bond acceptors (Lipinski definition) is 3. The van der Waals surface area contributed by atoms with E-state index < -0.39 is 5.41 Å². The second-order valence-electron chi connectivity index (χ2n) is 6.15. The fourth-order valence-corrected chi connectivity index (χ4v) is 3.47. The maximum Gasteiger partial charge on any atom is 0.231 e. The molecule has 3 rings (SSSR count). The molecule has 0 unspecified atom stereocenters. The first-order chi connectivity index (χ1) is 10.5. The number of aromatic nitrogens is 1. The fourth-order valence-electron chi connectivity index (χ4n) is 3.28. The van der Waals surface area contributed by atoms with Crippen molar-refractivity contribution in [2.75, 3.05) is 0 Å². The molecular weight excluding hydrogens is 300 g/mol. The molecule has 5 heteroatoms. The molecule has 0 atom stereocenters. The summed E-state index contributed by atoms with van der Waals surface area (Å²) >= 11 is 6.09. The summed E-state index contributed by atoms with van der Waals surface area (Å²) in [6, 6.07) is 7.59. The fraction of sp³-hybridized carbons (Fsp3) is 0.412. The molecule has 1 aromatic heterocycles. The van der Waals surface area contributed by atoms with Crippen LogP contribution in [0.2, 0.25) is 5.02 Å². The Kier molecular flexibility index (Phi) is 3.96. The number of benzene rings is 1. The first kappa shape index (κ1) is 15.1. The number of hydrogen-bond donors (Lipinski definition) is 1. The van der Waals surface area contributed by atoms with Crippen LogP contribution in [-0.2, 0) is 16.8 Å². The zero-order valence-electron chi connectivity index (χ0n) is 12.7. The van der Waals surface area contributed by atoms with Crippen molar-refractivity contribution < 1.29 is 9.21 Å². The van der Waals surface area contributed by atoms with Crippen molar-refractivity contribution in [2.45, 2.75) is 38.6 Å². The molecule has 22 heavy (non-hydrogen) atoms. The van der Waals surface area contributed by atoms with E-state index in [4.69, 9.17) is 16.0 Å². The van der Waals surface area contributed by atoms with E-state index in [0.29, 0.717) is 23.4 Å². The van der Waals surface area contributed by atoms with Gasteiger partial charge in [-0.05, 0) is 43.4 Å². The lowest BCUT2D eigenvalue weighted by atomic mass is 9.58. The maximum atomic E-state index is 12.8. The number of carbonyl (C=O) groups is 1. The monoisotopic (exact) mass is 318 g/mol. The number of rotatable bonds is 4. The van der Waals surface area contributed by atoms with Crippen LogP contribution in [0.25, 0.3) is 0 Å². The van der Waals surface area contributed by atoms with Gasteiger partial charge < -0.3 is 9.73 Å². The average molecular weight is 319 g/mol. The number of amides is 1. The lowest BCUT2D eigenvalue weighted by molar-refractivity contribution is -0.132. The van der Waals surface area contributed by atoms with E-state index in [9.17, 15) is 4.79 Å². The van der Waals surface area contributed by atoms with Crippen molar-refractivity contribution in [3.05, 3.63) is 52.7 Å². The van der Waals surface area contributed by atoms with Crippen molar-refractivity contribution >= 4 is 17.5 Å². The van der Waals surface area contributed by atoms with Gasteiger partial charge >= 0.3 is 0 Å². The number of halogens is 1. The minimum absolute atomic E-state index is 0.0173. The zero-order valence-corrected chi connectivity index (χ0v) is 13.5. The molecule has 1 aliphatic rings. The normalized spacial score (nSPS) is 23.9. The van der Waals surface area contributed by atoms with E-state index in [2.05, 4.69) is 17.2 Å². The summed E-state index contributed by atoms with van der Waals surface area (Å²) in [5.41, 5.74) is 0.505. The lowest BCUT2D eigenvalue weighted by Crippen LogP contribution is -2.52. The largest absolute Gasteiger partial charge is 0.444 e. The number of nitrogens with zero attached hydrogens (tertiary/aromatic N) is 1.